The number of non-ortho nitro benzene ring substituents is 1. The van der Waals surface area contributed by atoms with Crippen LogP contribution in [0.2, 0.25) is 0 Å². The molecule has 0 aromatic heterocycles. The maximum Gasteiger partial charge on any atom is 0.269 e. The van der Waals surface area contributed by atoms with Crippen molar-refractivity contribution < 1.29 is 9.89 Å². The molecule has 0 aliphatic rings. The molecule has 0 bridgehead atoms. The minimum atomic E-state index is -0.545. The van der Waals surface area contributed by atoms with Crippen molar-refractivity contribution in [2.45, 2.75) is 19.9 Å². The molecule has 0 saturated carbocycles. The lowest BCUT2D eigenvalue weighted by Gasteiger charge is -2.22. The number of benzene rings is 1. The van der Waals surface area contributed by atoms with Crippen LogP contribution < -0.4 is 5.01 Å². The second kappa shape index (κ2) is 5.10. The molecule has 1 aromatic rings. The summed E-state index contributed by atoms with van der Waals surface area (Å²) in [5.41, 5.74) is 0.272. The van der Waals surface area contributed by atoms with Gasteiger partial charge in [-0.25, -0.2) is 0 Å². The number of hydrogen-bond acceptors (Lipinski definition) is 5. The summed E-state index contributed by atoms with van der Waals surface area (Å²) in [6, 6.07) is 4.97. The summed E-state index contributed by atoms with van der Waals surface area (Å²) in [6.45, 7) is 3.38. The summed E-state index contributed by atoms with van der Waals surface area (Å²) in [7, 11) is 0. The highest BCUT2D eigenvalue weighted by atomic mass is 16.6. The molecular formula is C9H11N4O4-. The van der Waals surface area contributed by atoms with Crippen molar-refractivity contribution in [2.75, 3.05) is 5.01 Å². The van der Waals surface area contributed by atoms with Crippen LogP contribution in [0.15, 0.2) is 29.5 Å². The summed E-state index contributed by atoms with van der Waals surface area (Å²) in [6.07, 6.45) is 0. The molecule has 1 rings (SSSR count). The number of nitrogens with zero attached hydrogens (tertiary/aromatic N) is 4. The standard InChI is InChI=1S/C9H12N4O4/c1-7(2)11(13(17)10-14)8-3-5-9(6-4-8)12(15)16/h3-7,14H,1-2H3/p-1/b13-10-. The third-order valence-electron chi connectivity index (χ3n) is 2.07. The van der Waals surface area contributed by atoms with Gasteiger partial charge in [0.1, 0.15) is 5.69 Å². The molecule has 0 N–H and O–H groups in total. The maximum absolute atomic E-state index is 11.2. The molecule has 92 valence electrons. The largest absolute Gasteiger partial charge is 0.737 e. The Labute approximate surface area is 97.1 Å². The molecule has 0 aliphatic heterocycles. The average molecular weight is 239 g/mol. The monoisotopic (exact) mass is 239 g/mol. The van der Waals surface area contributed by atoms with E-state index >= 15 is 0 Å². The van der Waals surface area contributed by atoms with Crippen molar-refractivity contribution in [2.24, 2.45) is 5.28 Å². The smallest absolute Gasteiger partial charge is 0.269 e. The van der Waals surface area contributed by atoms with Crippen LogP contribution in [0.4, 0.5) is 11.4 Å². The molecule has 0 unspecified atom stereocenters. The second-order valence-corrected chi connectivity index (χ2v) is 3.55. The first-order valence-corrected chi connectivity index (χ1v) is 4.81. The summed E-state index contributed by atoms with van der Waals surface area (Å²) in [5, 5.41) is 35.2. The third kappa shape index (κ3) is 2.80. The Morgan fingerprint density at radius 3 is 2.12 bits per heavy atom. The summed E-state index contributed by atoms with van der Waals surface area (Å²) in [4.78, 5) is 9.82. The fourth-order valence-corrected chi connectivity index (χ4v) is 1.36. The van der Waals surface area contributed by atoms with Crippen molar-refractivity contribution in [1.29, 1.82) is 0 Å². The quantitative estimate of drug-likeness (QED) is 0.346. The minimum Gasteiger partial charge on any atom is -0.737 e. The van der Waals surface area contributed by atoms with Crippen molar-refractivity contribution >= 4 is 11.4 Å². The second-order valence-electron chi connectivity index (χ2n) is 3.55. The molecule has 0 heterocycles. The van der Waals surface area contributed by atoms with Crippen LogP contribution in [0.25, 0.3) is 0 Å². The molecule has 0 saturated heterocycles. The molecule has 17 heavy (non-hydrogen) atoms. The van der Waals surface area contributed by atoms with Crippen LogP contribution in [-0.4, -0.2) is 15.9 Å². The van der Waals surface area contributed by atoms with Gasteiger partial charge in [0.05, 0.1) is 11.0 Å². The van der Waals surface area contributed by atoms with Crippen LogP contribution in [0.3, 0.4) is 0 Å². The van der Waals surface area contributed by atoms with Gasteiger partial charge in [-0.1, -0.05) is 0 Å². The molecule has 8 nitrogen and oxygen atoms in total. The first-order chi connectivity index (χ1) is 7.97. The average Bonchev–Trinajstić information content (AvgIpc) is 2.29. The topological polar surface area (TPSA) is 108 Å². The van der Waals surface area contributed by atoms with Gasteiger partial charge in [-0.05, 0) is 31.3 Å². The van der Waals surface area contributed by atoms with Crippen LogP contribution in [-0.2, 0) is 0 Å². The van der Waals surface area contributed by atoms with Crippen LogP contribution in [0.1, 0.15) is 13.8 Å². The van der Waals surface area contributed by atoms with E-state index in [9.17, 15) is 20.5 Å². The fraction of sp³-hybridized carbons (Fsp3) is 0.333. The predicted octanol–water partition coefficient (Wildman–Crippen LogP) is 2.18. The molecular weight excluding hydrogens is 228 g/mol. The van der Waals surface area contributed by atoms with Gasteiger partial charge in [0, 0.05) is 17.1 Å². The number of nitro benzene ring substituents is 1. The number of anilines is 1. The number of nitro groups is 1. The lowest BCUT2D eigenvalue weighted by atomic mass is 10.2. The fourth-order valence-electron chi connectivity index (χ4n) is 1.36. The van der Waals surface area contributed by atoms with E-state index < -0.39 is 4.92 Å². The number of hydrazine groups is 1. The number of rotatable bonds is 4. The Kier molecular flexibility index (Phi) is 3.81. The normalized spacial score (nSPS) is 11.6. The van der Waals surface area contributed by atoms with E-state index in [4.69, 9.17) is 0 Å². The van der Waals surface area contributed by atoms with Crippen molar-refractivity contribution in [3.63, 3.8) is 0 Å². The molecule has 0 spiro atoms. The van der Waals surface area contributed by atoms with Crippen LogP contribution in [0.5, 0.6) is 0 Å². The zero-order valence-electron chi connectivity index (χ0n) is 9.31. The Bertz CT molecular complexity index is 429. The van der Waals surface area contributed by atoms with E-state index in [2.05, 4.69) is 5.28 Å². The van der Waals surface area contributed by atoms with Gasteiger partial charge in [-0.3, -0.25) is 10.1 Å². The highest BCUT2D eigenvalue weighted by molar-refractivity contribution is 5.49. The van der Waals surface area contributed by atoms with E-state index in [0.29, 0.717) is 5.69 Å². The zero-order valence-corrected chi connectivity index (χ0v) is 9.31. The summed E-state index contributed by atoms with van der Waals surface area (Å²) < 4.78 is 0. The summed E-state index contributed by atoms with van der Waals surface area (Å²) >= 11 is 0. The molecule has 1 aromatic carbocycles. The van der Waals surface area contributed by atoms with Gasteiger partial charge in [-0.15, -0.1) is 5.01 Å². The summed E-state index contributed by atoms with van der Waals surface area (Å²) in [5.74, 6) is 0. The molecule has 0 atom stereocenters. The van der Waals surface area contributed by atoms with Gasteiger partial charge in [0.2, 0.25) is 0 Å². The van der Waals surface area contributed by atoms with Crippen molar-refractivity contribution in [1.82, 2.24) is 0 Å². The van der Waals surface area contributed by atoms with Crippen LogP contribution >= 0.6 is 0 Å². The molecule has 8 heteroatoms. The molecule has 0 amide bonds. The van der Waals surface area contributed by atoms with Gasteiger partial charge >= 0.3 is 0 Å². The van der Waals surface area contributed by atoms with Gasteiger partial charge in [0.15, 0.2) is 0 Å². The SMILES string of the molecule is CC(C)N(c1ccc([N+](=O)[O-])cc1)/[N+]([O-])=N/[O-]. The Morgan fingerprint density at radius 1 is 1.24 bits per heavy atom. The highest BCUT2D eigenvalue weighted by Gasteiger charge is 2.19. The maximum atomic E-state index is 11.2. The Morgan fingerprint density at radius 2 is 1.76 bits per heavy atom. The Balaban J connectivity index is 3.08. The van der Waals surface area contributed by atoms with E-state index in [1.54, 1.807) is 13.8 Å². The van der Waals surface area contributed by atoms with Gasteiger partial charge < -0.3 is 10.4 Å². The lowest BCUT2D eigenvalue weighted by molar-refractivity contribution is -0.543. The molecule has 0 radical (unpaired) electrons. The van der Waals surface area contributed by atoms with Gasteiger partial charge in [-0.2, -0.15) is 0 Å². The minimum absolute atomic E-state index is 0.0889. The van der Waals surface area contributed by atoms with Crippen molar-refractivity contribution in [3.8, 4) is 0 Å². The van der Waals surface area contributed by atoms with Crippen molar-refractivity contribution in [3.05, 3.63) is 44.8 Å². The van der Waals surface area contributed by atoms with E-state index in [0.717, 1.165) is 5.01 Å². The number of hydrogen-bond donors (Lipinski definition) is 0. The first-order valence-electron chi connectivity index (χ1n) is 4.81. The molecule has 0 aliphatic carbocycles. The van der Waals surface area contributed by atoms with Gasteiger partial charge in [0.25, 0.3) is 5.69 Å². The lowest BCUT2D eigenvalue weighted by Crippen LogP contribution is -2.36. The van der Waals surface area contributed by atoms with E-state index in [1.807, 2.05) is 0 Å². The Hall–Kier alpha value is -2.38. The molecule has 0 fully saturated rings. The predicted molar refractivity (Wildman–Crippen MR) is 60.1 cm³/mol. The van der Waals surface area contributed by atoms with E-state index in [1.165, 1.54) is 24.3 Å². The zero-order chi connectivity index (χ0) is 13.0. The highest BCUT2D eigenvalue weighted by Crippen LogP contribution is 2.21. The van der Waals surface area contributed by atoms with E-state index in [-0.39, 0.29) is 16.7 Å². The first kappa shape index (κ1) is 12.7. The third-order valence-corrected chi connectivity index (χ3v) is 2.07. The van der Waals surface area contributed by atoms with Crippen LogP contribution in [0, 0.1) is 20.5 Å².